The Labute approximate surface area is 141 Å². The van der Waals surface area contributed by atoms with Gasteiger partial charge in [0.2, 0.25) is 0 Å². The fourth-order valence-corrected chi connectivity index (χ4v) is 2.23. The van der Waals surface area contributed by atoms with Crippen LogP contribution in [0.3, 0.4) is 0 Å². The molecule has 0 bridgehead atoms. The van der Waals surface area contributed by atoms with Crippen molar-refractivity contribution in [2.24, 2.45) is 0 Å². The van der Waals surface area contributed by atoms with Crippen LogP contribution in [0, 0.1) is 5.82 Å². The first-order valence-corrected chi connectivity index (χ1v) is 7.99. The smallest absolute Gasteiger partial charge is 0.170 e. The maximum atomic E-state index is 13.4. The van der Waals surface area contributed by atoms with Crippen molar-refractivity contribution in [1.82, 2.24) is 5.32 Å². The molecular formula is C18H21FN2OS. The monoisotopic (exact) mass is 332 g/mol. The highest BCUT2D eigenvalue weighted by atomic mass is 32.1. The predicted molar refractivity (Wildman–Crippen MR) is 96.6 cm³/mol. The molecule has 0 unspecified atom stereocenters. The minimum Gasteiger partial charge on any atom is -0.489 e. The van der Waals surface area contributed by atoms with Gasteiger partial charge in [0.15, 0.2) is 16.7 Å². The molecule has 0 radical (unpaired) electrons. The van der Waals surface area contributed by atoms with Crippen molar-refractivity contribution in [2.45, 2.75) is 19.8 Å². The van der Waals surface area contributed by atoms with Crippen LogP contribution in [-0.2, 0) is 0 Å². The number of hydrogen-bond donors (Lipinski definition) is 2. The van der Waals surface area contributed by atoms with Gasteiger partial charge in [0.05, 0.1) is 6.54 Å². The average Bonchev–Trinajstić information content (AvgIpc) is 2.53. The highest BCUT2D eigenvalue weighted by Gasteiger charge is 2.02. The Hall–Kier alpha value is -2.14. The van der Waals surface area contributed by atoms with Gasteiger partial charge in [0.25, 0.3) is 0 Å². The Morgan fingerprint density at radius 1 is 1.13 bits per heavy atom. The number of para-hydroxylation sites is 1. The van der Waals surface area contributed by atoms with Crippen LogP contribution in [0.15, 0.2) is 48.5 Å². The van der Waals surface area contributed by atoms with Crippen molar-refractivity contribution >= 4 is 23.0 Å². The highest BCUT2D eigenvalue weighted by molar-refractivity contribution is 7.80. The van der Waals surface area contributed by atoms with Crippen molar-refractivity contribution < 1.29 is 9.13 Å². The van der Waals surface area contributed by atoms with E-state index in [1.54, 1.807) is 18.2 Å². The summed E-state index contributed by atoms with van der Waals surface area (Å²) < 4.78 is 18.7. The van der Waals surface area contributed by atoms with E-state index in [1.807, 2.05) is 12.1 Å². The SMILES string of the molecule is CC(C)c1ccc(NC(=S)NCCOc2ccccc2F)cc1. The van der Waals surface area contributed by atoms with Crippen LogP contribution in [0.2, 0.25) is 0 Å². The second-order valence-corrected chi connectivity index (χ2v) is 5.84. The third-order valence-electron chi connectivity index (χ3n) is 3.32. The van der Waals surface area contributed by atoms with Crippen LogP contribution in [-0.4, -0.2) is 18.3 Å². The van der Waals surface area contributed by atoms with Crippen LogP contribution >= 0.6 is 12.2 Å². The number of nitrogens with one attached hydrogen (secondary N) is 2. The Bertz CT molecular complexity index is 644. The maximum Gasteiger partial charge on any atom is 0.170 e. The molecule has 2 N–H and O–H groups in total. The van der Waals surface area contributed by atoms with E-state index < -0.39 is 0 Å². The van der Waals surface area contributed by atoms with Gasteiger partial charge in [-0.25, -0.2) is 4.39 Å². The molecule has 2 aromatic rings. The third-order valence-corrected chi connectivity index (χ3v) is 3.56. The molecule has 0 amide bonds. The van der Waals surface area contributed by atoms with E-state index in [4.69, 9.17) is 17.0 Å². The average molecular weight is 332 g/mol. The molecule has 0 spiro atoms. The van der Waals surface area contributed by atoms with E-state index >= 15 is 0 Å². The van der Waals surface area contributed by atoms with Gasteiger partial charge in [0.1, 0.15) is 6.61 Å². The summed E-state index contributed by atoms with van der Waals surface area (Å²) in [6.07, 6.45) is 0. The van der Waals surface area contributed by atoms with Crippen molar-refractivity contribution in [2.75, 3.05) is 18.5 Å². The van der Waals surface area contributed by atoms with Gasteiger partial charge in [-0.2, -0.15) is 0 Å². The third kappa shape index (κ3) is 5.53. The summed E-state index contributed by atoms with van der Waals surface area (Å²) in [7, 11) is 0. The maximum absolute atomic E-state index is 13.4. The minimum absolute atomic E-state index is 0.248. The molecule has 0 heterocycles. The van der Waals surface area contributed by atoms with E-state index in [2.05, 4.69) is 36.6 Å². The van der Waals surface area contributed by atoms with Crippen LogP contribution in [0.25, 0.3) is 0 Å². The van der Waals surface area contributed by atoms with E-state index in [0.29, 0.717) is 24.2 Å². The fourth-order valence-electron chi connectivity index (χ4n) is 2.01. The number of anilines is 1. The molecule has 2 aromatic carbocycles. The summed E-state index contributed by atoms with van der Waals surface area (Å²) in [6, 6.07) is 14.5. The number of benzene rings is 2. The number of hydrogen-bond acceptors (Lipinski definition) is 2. The summed E-state index contributed by atoms with van der Waals surface area (Å²) in [4.78, 5) is 0. The lowest BCUT2D eigenvalue weighted by atomic mass is 10.0. The summed E-state index contributed by atoms with van der Waals surface area (Å²) >= 11 is 5.22. The first-order chi connectivity index (χ1) is 11.1. The Kier molecular flexibility index (Phi) is 6.35. The molecule has 2 rings (SSSR count). The van der Waals surface area contributed by atoms with Crippen LogP contribution < -0.4 is 15.4 Å². The van der Waals surface area contributed by atoms with Crippen molar-refractivity contribution in [3.8, 4) is 5.75 Å². The first-order valence-electron chi connectivity index (χ1n) is 7.58. The Morgan fingerprint density at radius 3 is 2.48 bits per heavy atom. The Morgan fingerprint density at radius 2 is 1.83 bits per heavy atom. The number of halogens is 1. The molecule has 5 heteroatoms. The molecule has 0 atom stereocenters. The summed E-state index contributed by atoms with van der Waals surface area (Å²) in [6.45, 7) is 5.13. The van der Waals surface area contributed by atoms with Gasteiger partial charge in [-0.3, -0.25) is 0 Å². The second-order valence-electron chi connectivity index (χ2n) is 5.44. The molecule has 122 valence electrons. The van der Waals surface area contributed by atoms with Gasteiger partial charge in [-0.05, 0) is 48.0 Å². The molecule has 0 aromatic heterocycles. The summed E-state index contributed by atoms with van der Waals surface area (Å²) in [5.74, 6) is 0.389. The molecule has 0 aliphatic carbocycles. The summed E-state index contributed by atoms with van der Waals surface area (Å²) in [5, 5.41) is 6.65. The lowest BCUT2D eigenvalue weighted by molar-refractivity contribution is 0.306. The van der Waals surface area contributed by atoms with Gasteiger partial charge in [-0.1, -0.05) is 38.1 Å². The molecule has 3 nitrogen and oxygen atoms in total. The number of rotatable bonds is 6. The topological polar surface area (TPSA) is 33.3 Å². The quantitative estimate of drug-likeness (QED) is 0.610. The van der Waals surface area contributed by atoms with Gasteiger partial charge >= 0.3 is 0 Å². The second kappa shape index (κ2) is 8.48. The molecular weight excluding hydrogens is 311 g/mol. The van der Waals surface area contributed by atoms with E-state index in [1.165, 1.54) is 11.6 Å². The largest absolute Gasteiger partial charge is 0.489 e. The van der Waals surface area contributed by atoms with Gasteiger partial charge in [0, 0.05) is 5.69 Å². The predicted octanol–water partition coefficient (Wildman–Crippen LogP) is 4.31. The lowest BCUT2D eigenvalue weighted by Crippen LogP contribution is -2.32. The lowest BCUT2D eigenvalue weighted by Gasteiger charge is -2.12. The zero-order valence-corrected chi connectivity index (χ0v) is 14.1. The first kappa shape index (κ1) is 17.2. The van der Waals surface area contributed by atoms with E-state index in [9.17, 15) is 4.39 Å². The molecule has 0 saturated carbocycles. The normalized spacial score (nSPS) is 10.4. The van der Waals surface area contributed by atoms with E-state index in [0.717, 1.165) is 5.69 Å². The summed E-state index contributed by atoms with van der Waals surface area (Å²) in [5.41, 5.74) is 2.22. The fraction of sp³-hybridized carbons (Fsp3) is 0.278. The van der Waals surface area contributed by atoms with Crippen LogP contribution in [0.4, 0.5) is 10.1 Å². The highest BCUT2D eigenvalue weighted by Crippen LogP contribution is 2.17. The zero-order valence-electron chi connectivity index (χ0n) is 13.3. The zero-order chi connectivity index (χ0) is 16.7. The van der Waals surface area contributed by atoms with Gasteiger partial charge < -0.3 is 15.4 Å². The molecule has 0 aliphatic rings. The Balaban J connectivity index is 1.72. The standard InChI is InChI=1S/C18H21FN2OS/c1-13(2)14-7-9-15(10-8-14)21-18(23)20-11-12-22-17-6-4-3-5-16(17)19/h3-10,13H,11-12H2,1-2H3,(H2,20,21,23). The number of ether oxygens (including phenoxy) is 1. The van der Waals surface area contributed by atoms with Gasteiger partial charge in [-0.15, -0.1) is 0 Å². The van der Waals surface area contributed by atoms with E-state index in [-0.39, 0.29) is 11.6 Å². The van der Waals surface area contributed by atoms with Crippen LogP contribution in [0.1, 0.15) is 25.3 Å². The van der Waals surface area contributed by atoms with Crippen molar-refractivity contribution in [3.05, 3.63) is 59.9 Å². The molecule has 23 heavy (non-hydrogen) atoms. The van der Waals surface area contributed by atoms with Crippen molar-refractivity contribution in [3.63, 3.8) is 0 Å². The molecule has 0 fully saturated rings. The van der Waals surface area contributed by atoms with Crippen LogP contribution in [0.5, 0.6) is 5.75 Å². The number of thiocarbonyl (C=S) groups is 1. The minimum atomic E-state index is -0.363. The van der Waals surface area contributed by atoms with Crippen molar-refractivity contribution in [1.29, 1.82) is 0 Å². The molecule has 0 aliphatic heterocycles. The molecule has 0 saturated heterocycles.